The van der Waals surface area contributed by atoms with Gasteiger partial charge < -0.3 is 5.32 Å². The number of benzene rings is 2. The second-order valence-electron chi connectivity index (χ2n) is 6.84. The van der Waals surface area contributed by atoms with E-state index in [0.29, 0.717) is 5.69 Å². The predicted octanol–water partition coefficient (Wildman–Crippen LogP) is 4.42. The number of hydrogen-bond acceptors (Lipinski definition) is 5. The molecular weight excluding hydrogens is 378 g/mol. The molecule has 2 aliphatic rings. The smallest absolute Gasteiger partial charge is 0.250 e. The van der Waals surface area contributed by atoms with Crippen LogP contribution in [0.25, 0.3) is 0 Å². The van der Waals surface area contributed by atoms with Crippen LogP contribution >= 0.6 is 23.5 Å². The van der Waals surface area contributed by atoms with Crippen LogP contribution in [0.4, 0.5) is 17.1 Å². The van der Waals surface area contributed by atoms with Gasteiger partial charge in [0.05, 0.1) is 22.8 Å². The Balaban J connectivity index is 1.55. The summed E-state index contributed by atoms with van der Waals surface area (Å²) in [7, 11) is 0. The molecule has 5 nitrogen and oxygen atoms in total. The van der Waals surface area contributed by atoms with Gasteiger partial charge in [-0.2, -0.15) is 0 Å². The van der Waals surface area contributed by atoms with Gasteiger partial charge in [-0.25, -0.2) is 4.99 Å². The standard InChI is InChI=1S/C20H19N3O2S2/c1-20(2)18(25)21-15-9-5-6-10-16(15)23(20)17(24)12-27-19-22-14-8-4-3-7-13(14)11-26-19/h3-10H,11-12H2,1-2H3,(H,21,25). The highest BCUT2D eigenvalue weighted by Crippen LogP contribution is 2.38. The quantitative estimate of drug-likeness (QED) is 0.815. The molecule has 0 unspecified atom stereocenters. The maximum absolute atomic E-state index is 13.1. The monoisotopic (exact) mass is 397 g/mol. The fraction of sp³-hybridized carbons (Fsp3) is 0.250. The van der Waals surface area contributed by atoms with E-state index in [0.717, 1.165) is 21.5 Å². The summed E-state index contributed by atoms with van der Waals surface area (Å²) in [6, 6.07) is 15.4. The van der Waals surface area contributed by atoms with Crippen molar-refractivity contribution >= 4 is 56.8 Å². The molecule has 2 aromatic carbocycles. The molecular formula is C20H19N3O2S2. The highest BCUT2D eigenvalue weighted by atomic mass is 32.2. The van der Waals surface area contributed by atoms with Gasteiger partial charge in [0, 0.05) is 5.75 Å². The molecule has 0 atom stereocenters. The number of anilines is 2. The molecule has 2 aliphatic heterocycles. The molecule has 4 rings (SSSR count). The van der Waals surface area contributed by atoms with Gasteiger partial charge in [-0.15, -0.1) is 0 Å². The zero-order valence-corrected chi connectivity index (χ0v) is 16.7. The van der Waals surface area contributed by atoms with Crippen LogP contribution < -0.4 is 10.2 Å². The molecule has 0 radical (unpaired) electrons. The van der Waals surface area contributed by atoms with E-state index < -0.39 is 5.54 Å². The summed E-state index contributed by atoms with van der Waals surface area (Å²) in [6.45, 7) is 3.54. The Bertz CT molecular complexity index is 956. The molecule has 1 N–H and O–H groups in total. The van der Waals surface area contributed by atoms with Crippen molar-refractivity contribution in [3.05, 3.63) is 54.1 Å². The molecule has 0 aromatic heterocycles. The highest BCUT2D eigenvalue weighted by Gasteiger charge is 2.43. The van der Waals surface area contributed by atoms with Crippen molar-refractivity contribution < 1.29 is 9.59 Å². The second-order valence-corrected chi connectivity index (χ2v) is 9.03. The van der Waals surface area contributed by atoms with Crippen LogP contribution in [0.15, 0.2) is 53.5 Å². The molecule has 0 fully saturated rings. The van der Waals surface area contributed by atoms with Crippen molar-refractivity contribution in [2.75, 3.05) is 16.0 Å². The second kappa shape index (κ2) is 7.05. The Hall–Kier alpha value is -2.25. The molecule has 2 heterocycles. The van der Waals surface area contributed by atoms with Crippen LogP contribution in [-0.2, 0) is 15.3 Å². The topological polar surface area (TPSA) is 61.8 Å². The number of thioether (sulfide) groups is 2. The minimum Gasteiger partial charge on any atom is -0.322 e. The van der Waals surface area contributed by atoms with Gasteiger partial charge in [-0.05, 0) is 37.6 Å². The maximum Gasteiger partial charge on any atom is 0.250 e. The molecule has 0 spiro atoms. The first-order valence-electron chi connectivity index (χ1n) is 8.62. The van der Waals surface area contributed by atoms with E-state index >= 15 is 0 Å². The number of nitrogens with zero attached hydrogens (tertiary/aromatic N) is 2. The lowest BCUT2D eigenvalue weighted by Crippen LogP contribution is -2.59. The van der Waals surface area contributed by atoms with Gasteiger partial charge in [0.25, 0.3) is 0 Å². The van der Waals surface area contributed by atoms with Gasteiger partial charge >= 0.3 is 0 Å². The van der Waals surface area contributed by atoms with Gasteiger partial charge in [0.15, 0.2) is 0 Å². The lowest BCUT2D eigenvalue weighted by Gasteiger charge is -2.42. The maximum atomic E-state index is 13.1. The summed E-state index contributed by atoms with van der Waals surface area (Å²) in [5.74, 6) is 0.808. The van der Waals surface area contributed by atoms with Gasteiger partial charge in [-0.1, -0.05) is 53.9 Å². The van der Waals surface area contributed by atoms with Crippen LogP contribution in [0.2, 0.25) is 0 Å². The molecule has 27 heavy (non-hydrogen) atoms. The van der Waals surface area contributed by atoms with E-state index in [-0.39, 0.29) is 17.6 Å². The van der Waals surface area contributed by atoms with E-state index in [9.17, 15) is 9.59 Å². The average molecular weight is 398 g/mol. The third kappa shape index (κ3) is 3.37. The molecule has 0 saturated heterocycles. The third-order valence-corrected chi connectivity index (χ3v) is 6.86. The van der Waals surface area contributed by atoms with Crippen molar-refractivity contribution in [3.63, 3.8) is 0 Å². The van der Waals surface area contributed by atoms with Crippen molar-refractivity contribution in [2.24, 2.45) is 4.99 Å². The zero-order chi connectivity index (χ0) is 19.0. The van der Waals surface area contributed by atoms with Crippen LogP contribution in [0.1, 0.15) is 19.4 Å². The lowest BCUT2D eigenvalue weighted by molar-refractivity contribution is -0.125. The Morgan fingerprint density at radius 3 is 2.81 bits per heavy atom. The summed E-state index contributed by atoms with van der Waals surface area (Å²) in [6.07, 6.45) is 0. The number of para-hydroxylation sites is 3. The highest BCUT2D eigenvalue weighted by molar-refractivity contribution is 8.38. The van der Waals surface area contributed by atoms with E-state index in [4.69, 9.17) is 0 Å². The largest absolute Gasteiger partial charge is 0.322 e. The van der Waals surface area contributed by atoms with E-state index in [2.05, 4.69) is 16.4 Å². The fourth-order valence-corrected chi connectivity index (χ4v) is 5.08. The third-order valence-electron chi connectivity index (χ3n) is 4.63. The number of hydrogen-bond donors (Lipinski definition) is 1. The Kier molecular flexibility index (Phi) is 4.74. The SMILES string of the molecule is CC1(C)C(=O)Nc2ccccc2N1C(=O)CSC1=Nc2ccccc2CS1. The van der Waals surface area contributed by atoms with Crippen LogP contribution in [0.3, 0.4) is 0 Å². The first-order valence-corrected chi connectivity index (χ1v) is 10.6. The number of rotatable bonds is 2. The van der Waals surface area contributed by atoms with Crippen molar-refractivity contribution in [1.82, 2.24) is 0 Å². The molecule has 0 bridgehead atoms. The summed E-state index contributed by atoms with van der Waals surface area (Å²) < 4.78 is 0.884. The van der Waals surface area contributed by atoms with Crippen LogP contribution in [-0.4, -0.2) is 27.5 Å². The summed E-state index contributed by atoms with van der Waals surface area (Å²) in [5.41, 5.74) is 2.63. The van der Waals surface area contributed by atoms with Crippen LogP contribution in [0.5, 0.6) is 0 Å². The van der Waals surface area contributed by atoms with Crippen molar-refractivity contribution in [3.8, 4) is 0 Å². The number of fused-ring (bicyclic) bond motifs is 2. The molecule has 0 aliphatic carbocycles. The van der Waals surface area contributed by atoms with Gasteiger partial charge in [0.1, 0.15) is 9.91 Å². The van der Waals surface area contributed by atoms with Crippen molar-refractivity contribution in [2.45, 2.75) is 25.1 Å². The molecule has 2 aromatic rings. The number of carbonyl (C=O) groups is 2. The molecule has 7 heteroatoms. The van der Waals surface area contributed by atoms with E-state index in [1.165, 1.54) is 17.3 Å². The number of aliphatic imine (C=N–C) groups is 1. The zero-order valence-electron chi connectivity index (χ0n) is 15.1. The first-order chi connectivity index (χ1) is 13.0. The number of carbonyl (C=O) groups excluding carboxylic acids is 2. The minimum absolute atomic E-state index is 0.102. The Morgan fingerprint density at radius 2 is 1.96 bits per heavy atom. The average Bonchev–Trinajstić information content (AvgIpc) is 2.67. The number of nitrogens with one attached hydrogen (secondary N) is 1. The molecule has 2 amide bonds. The summed E-state index contributed by atoms with van der Waals surface area (Å²) in [4.78, 5) is 31.8. The summed E-state index contributed by atoms with van der Waals surface area (Å²) in [5, 5.41) is 2.88. The summed E-state index contributed by atoms with van der Waals surface area (Å²) >= 11 is 3.07. The van der Waals surface area contributed by atoms with Gasteiger partial charge in [0.2, 0.25) is 11.8 Å². The normalized spacial score (nSPS) is 17.5. The van der Waals surface area contributed by atoms with Gasteiger partial charge in [-0.3, -0.25) is 14.5 Å². The van der Waals surface area contributed by atoms with E-state index in [1.807, 2.05) is 42.5 Å². The lowest BCUT2D eigenvalue weighted by atomic mass is 9.96. The minimum atomic E-state index is -0.944. The molecule has 0 saturated carbocycles. The first kappa shape index (κ1) is 18.1. The number of amides is 2. The molecule has 138 valence electrons. The fourth-order valence-electron chi connectivity index (χ4n) is 3.17. The Morgan fingerprint density at radius 1 is 1.22 bits per heavy atom. The van der Waals surface area contributed by atoms with Crippen LogP contribution in [0, 0.1) is 0 Å². The van der Waals surface area contributed by atoms with E-state index in [1.54, 1.807) is 30.5 Å². The Labute approximate surface area is 166 Å². The van der Waals surface area contributed by atoms with Crippen molar-refractivity contribution in [1.29, 1.82) is 0 Å². The predicted molar refractivity (Wildman–Crippen MR) is 114 cm³/mol.